The number of para-hydroxylation sites is 1. The Kier molecular flexibility index (Phi) is 7.35. The molecule has 0 spiro atoms. The fourth-order valence-corrected chi connectivity index (χ4v) is 4.90. The molecule has 1 aliphatic rings. The van der Waals surface area contributed by atoms with E-state index in [4.69, 9.17) is 4.74 Å². The normalized spacial score (nSPS) is 13.3. The fourth-order valence-electron chi connectivity index (χ4n) is 3.97. The number of hydrogen-bond acceptors (Lipinski definition) is 4. The van der Waals surface area contributed by atoms with Crippen LogP contribution in [0.5, 0.6) is 5.75 Å². The second-order valence-electron chi connectivity index (χ2n) is 7.91. The summed E-state index contributed by atoms with van der Waals surface area (Å²) >= 11 is 1.41. The van der Waals surface area contributed by atoms with Crippen LogP contribution in [-0.4, -0.2) is 30.7 Å². The van der Waals surface area contributed by atoms with Crippen LogP contribution >= 0.6 is 11.8 Å². The van der Waals surface area contributed by atoms with Crippen LogP contribution in [0.25, 0.3) is 0 Å². The van der Waals surface area contributed by atoms with Crippen molar-refractivity contribution in [1.82, 2.24) is 5.32 Å². The largest absolute Gasteiger partial charge is 0.494 e. The molecule has 1 unspecified atom stereocenters. The molecule has 0 saturated carbocycles. The van der Waals surface area contributed by atoms with E-state index in [0.717, 1.165) is 28.3 Å². The van der Waals surface area contributed by atoms with E-state index in [2.05, 4.69) is 11.4 Å². The highest BCUT2D eigenvalue weighted by atomic mass is 32.2. The van der Waals surface area contributed by atoms with Crippen molar-refractivity contribution in [3.05, 3.63) is 89.5 Å². The second kappa shape index (κ2) is 10.6. The molecule has 1 aliphatic heterocycles. The van der Waals surface area contributed by atoms with Gasteiger partial charge in [-0.15, -0.1) is 11.8 Å². The molecule has 3 aromatic carbocycles. The molecular formula is C27H28N2O3S. The van der Waals surface area contributed by atoms with Gasteiger partial charge in [0.05, 0.1) is 24.0 Å². The highest BCUT2D eigenvalue weighted by molar-refractivity contribution is 8.00. The van der Waals surface area contributed by atoms with Crippen molar-refractivity contribution in [2.45, 2.75) is 31.2 Å². The summed E-state index contributed by atoms with van der Waals surface area (Å²) in [4.78, 5) is 28.6. The number of carbonyl (C=O) groups excluding carboxylic acids is 2. The minimum atomic E-state index is -0.158. The van der Waals surface area contributed by atoms with Gasteiger partial charge in [-0.05, 0) is 61.7 Å². The number of rotatable bonds is 8. The predicted molar refractivity (Wildman–Crippen MR) is 133 cm³/mol. The van der Waals surface area contributed by atoms with E-state index in [1.54, 1.807) is 6.07 Å². The molecule has 2 amide bonds. The summed E-state index contributed by atoms with van der Waals surface area (Å²) in [6.07, 6.45) is 0.884. The summed E-state index contributed by atoms with van der Waals surface area (Å²) in [5, 5.41) is 3.07. The van der Waals surface area contributed by atoms with Crippen molar-refractivity contribution < 1.29 is 14.3 Å². The Hall–Kier alpha value is -3.25. The number of benzene rings is 3. The third kappa shape index (κ3) is 5.40. The third-order valence-electron chi connectivity index (χ3n) is 5.71. The van der Waals surface area contributed by atoms with Gasteiger partial charge < -0.3 is 15.0 Å². The minimum Gasteiger partial charge on any atom is -0.494 e. The van der Waals surface area contributed by atoms with Crippen molar-refractivity contribution in [3.63, 3.8) is 0 Å². The van der Waals surface area contributed by atoms with Gasteiger partial charge in [0, 0.05) is 17.1 Å². The Labute approximate surface area is 199 Å². The Bertz CT molecular complexity index is 1130. The van der Waals surface area contributed by atoms with E-state index in [-0.39, 0.29) is 23.6 Å². The Balaban J connectivity index is 1.39. The lowest BCUT2D eigenvalue weighted by Crippen LogP contribution is -2.30. The van der Waals surface area contributed by atoms with E-state index in [1.165, 1.54) is 17.3 Å². The molecule has 1 N–H and O–H groups in total. The molecule has 0 saturated heterocycles. The summed E-state index contributed by atoms with van der Waals surface area (Å²) in [7, 11) is 0. The molecule has 0 aromatic heterocycles. The average molecular weight is 461 g/mol. The van der Waals surface area contributed by atoms with E-state index in [9.17, 15) is 9.59 Å². The van der Waals surface area contributed by atoms with E-state index >= 15 is 0 Å². The highest BCUT2D eigenvalue weighted by Crippen LogP contribution is 2.30. The Morgan fingerprint density at radius 1 is 1.03 bits per heavy atom. The van der Waals surface area contributed by atoms with Crippen LogP contribution in [0.15, 0.2) is 77.7 Å². The van der Waals surface area contributed by atoms with Gasteiger partial charge in [0.15, 0.2) is 0 Å². The molecule has 0 aliphatic carbocycles. The monoisotopic (exact) mass is 460 g/mol. The van der Waals surface area contributed by atoms with Crippen molar-refractivity contribution in [3.8, 4) is 5.75 Å². The lowest BCUT2D eigenvalue weighted by atomic mass is 10.1. The van der Waals surface area contributed by atoms with Crippen LogP contribution in [0.2, 0.25) is 0 Å². The molecule has 0 radical (unpaired) electrons. The summed E-state index contributed by atoms with van der Waals surface area (Å²) in [5.41, 5.74) is 3.78. The molecule has 0 bridgehead atoms. The molecule has 170 valence electrons. The maximum atomic E-state index is 13.0. The smallest absolute Gasteiger partial charge is 0.252 e. The number of hydrogen-bond donors (Lipinski definition) is 1. The molecule has 33 heavy (non-hydrogen) atoms. The van der Waals surface area contributed by atoms with Crippen LogP contribution in [0.1, 0.15) is 41.4 Å². The molecule has 4 rings (SSSR count). The number of nitrogens with one attached hydrogen (secondary N) is 1. The molecular weight excluding hydrogens is 432 g/mol. The first-order valence-corrected chi connectivity index (χ1v) is 12.2. The lowest BCUT2D eigenvalue weighted by Gasteiger charge is -2.18. The zero-order valence-corrected chi connectivity index (χ0v) is 19.7. The second-order valence-corrected chi connectivity index (χ2v) is 8.92. The number of nitrogens with zero attached hydrogens (tertiary/aromatic N) is 1. The van der Waals surface area contributed by atoms with Crippen LogP contribution in [-0.2, 0) is 11.2 Å². The number of carbonyl (C=O) groups is 2. The molecule has 6 heteroatoms. The molecule has 5 nitrogen and oxygen atoms in total. The quantitative estimate of drug-likeness (QED) is 0.466. The SMILES string of the molecule is CCOc1ccc(C(C)NC(=O)c2ccccc2SCC(=O)N2CCc3ccccc32)cc1. The number of thioether (sulfide) groups is 1. The van der Waals surface area contributed by atoms with Gasteiger partial charge in [0.1, 0.15) is 5.75 Å². The van der Waals surface area contributed by atoms with Gasteiger partial charge in [-0.25, -0.2) is 0 Å². The van der Waals surface area contributed by atoms with E-state index in [0.29, 0.717) is 18.7 Å². The summed E-state index contributed by atoms with van der Waals surface area (Å²) in [6.45, 7) is 5.23. The summed E-state index contributed by atoms with van der Waals surface area (Å²) < 4.78 is 5.49. The fraction of sp³-hybridized carbons (Fsp3) is 0.259. The van der Waals surface area contributed by atoms with Gasteiger partial charge in [0.2, 0.25) is 5.91 Å². The zero-order chi connectivity index (χ0) is 23.2. The molecule has 1 heterocycles. The molecule has 0 fully saturated rings. The van der Waals surface area contributed by atoms with Crippen molar-refractivity contribution in [1.29, 1.82) is 0 Å². The van der Waals surface area contributed by atoms with Crippen LogP contribution in [0.3, 0.4) is 0 Å². The first-order chi connectivity index (χ1) is 16.1. The van der Waals surface area contributed by atoms with Gasteiger partial charge in [-0.1, -0.05) is 42.5 Å². The maximum Gasteiger partial charge on any atom is 0.252 e. The molecule has 3 aromatic rings. The van der Waals surface area contributed by atoms with Crippen molar-refractivity contribution in [2.75, 3.05) is 23.8 Å². The summed E-state index contributed by atoms with van der Waals surface area (Å²) in [5.74, 6) is 1.00. The van der Waals surface area contributed by atoms with Gasteiger partial charge in [-0.2, -0.15) is 0 Å². The predicted octanol–water partition coefficient (Wildman–Crippen LogP) is 5.26. The van der Waals surface area contributed by atoms with Crippen LogP contribution in [0.4, 0.5) is 5.69 Å². The standard InChI is InChI=1S/C27H28N2O3S/c1-3-32-22-14-12-20(13-15-22)19(2)28-27(31)23-9-5-7-11-25(23)33-18-26(30)29-17-16-21-8-4-6-10-24(21)29/h4-15,19H,3,16-18H2,1-2H3,(H,28,31). The number of fused-ring (bicyclic) bond motifs is 1. The first-order valence-electron chi connectivity index (χ1n) is 11.2. The number of anilines is 1. The van der Waals surface area contributed by atoms with Gasteiger partial charge in [0.25, 0.3) is 5.91 Å². The Morgan fingerprint density at radius 3 is 2.55 bits per heavy atom. The average Bonchev–Trinajstić information content (AvgIpc) is 3.27. The third-order valence-corrected chi connectivity index (χ3v) is 6.77. The first kappa shape index (κ1) is 22.9. The van der Waals surface area contributed by atoms with Gasteiger partial charge >= 0.3 is 0 Å². The lowest BCUT2D eigenvalue weighted by molar-refractivity contribution is -0.116. The maximum absolute atomic E-state index is 13.0. The molecule has 1 atom stereocenters. The summed E-state index contributed by atoms with van der Waals surface area (Å²) in [6, 6.07) is 23.1. The Morgan fingerprint density at radius 2 is 1.76 bits per heavy atom. The highest BCUT2D eigenvalue weighted by Gasteiger charge is 2.24. The van der Waals surface area contributed by atoms with Crippen molar-refractivity contribution in [2.24, 2.45) is 0 Å². The topological polar surface area (TPSA) is 58.6 Å². The minimum absolute atomic E-state index is 0.0583. The van der Waals surface area contributed by atoms with E-state index in [1.807, 2.05) is 79.4 Å². The van der Waals surface area contributed by atoms with Gasteiger partial charge in [-0.3, -0.25) is 9.59 Å². The number of ether oxygens (including phenoxy) is 1. The van der Waals surface area contributed by atoms with Crippen LogP contribution in [0, 0.1) is 0 Å². The van der Waals surface area contributed by atoms with Crippen molar-refractivity contribution >= 4 is 29.3 Å². The number of amides is 2. The zero-order valence-electron chi connectivity index (χ0n) is 18.9. The van der Waals surface area contributed by atoms with Crippen LogP contribution < -0.4 is 15.0 Å². The van der Waals surface area contributed by atoms with E-state index < -0.39 is 0 Å².